The van der Waals surface area contributed by atoms with Crippen LogP contribution in [-0.2, 0) is 11.2 Å². The molecule has 0 radical (unpaired) electrons. The van der Waals surface area contributed by atoms with E-state index in [9.17, 15) is 9.59 Å². The minimum absolute atomic E-state index is 0.0203. The van der Waals surface area contributed by atoms with E-state index in [0.717, 1.165) is 27.3 Å². The zero-order chi connectivity index (χ0) is 13.4. The third-order valence-corrected chi connectivity index (χ3v) is 4.40. The molecule has 4 heteroatoms. The molecule has 1 aromatic carbocycles. The first-order chi connectivity index (χ1) is 9.15. The van der Waals surface area contributed by atoms with Crippen molar-refractivity contribution in [2.45, 2.75) is 19.3 Å². The second-order valence-electron chi connectivity index (χ2n) is 4.60. The van der Waals surface area contributed by atoms with Crippen molar-refractivity contribution in [3.05, 3.63) is 43.7 Å². The standard InChI is InChI=1S/C15H12O3S/c16-14(17)8-9-5-6-13-11(7-9)15(18)10-3-1-2-4-12(10)19-13/h3-7H,1-2,8H2,(H,16,17). The van der Waals surface area contributed by atoms with Crippen LogP contribution in [0.15, 0.2) is 23.0 Å². The second-order valence-corrected chi connectivity index (χ2v) is 5.68. The van der Waals surface area contributed by atoms with Gasteiger partial charge in [0.1, 0.15) is 0 Å². The fraction of sp³-hybridized carbons (Fsp3) is 0.200. The molecule has 1 heterocycles. The Morgan fingerprint density at radius 1 is 1.26 bits per heavy atom. The topological polar surface area (TPSA) is 54.4 Å². The van der Waals surface area contributed by atoms with Crippen molar-refractivity contribution in [3.63, 3.8) is 0 Å². The van der Waals surface area contributed by atoms with Crippen LogP contribution in [-0.4, -0.2) is 11.1 Å². The lowest BCUT2D eigenvalue weighted by Gasteiger charge is -2.03. The summed E-state index contributed by atoms with van der Waals surface area (Å²) < 4.78 is 1.96. The molecule has 1 aromatic heterocycles. The van der Waals surface area contributed by atoms with Crippen molar-refractivity contribution in [1.82, 2.24) is 0 Å². The van der Waals surface area contributed by atoms with Crippen LogP contribution in [0.25, 0.3) is 22.2 Å². The van der Waals surface area contributed by atoms with Gasteiger partial charge in [0.15, 0.2) is 5.43 Å². The fourth-order valence-corrected chi connectivity index (χ4v) is 3.47. The van der Waals surface area contributed by atoms with E-state index in [1.54, 1.807) is 23.5 Å². The van der Waals surface area contributed by atoms with Gasteiger partial charge in [-0.25, -0.2) is 0 Å². The largest absolute Gasteiger partial charge is 0.481 e. The number of aliphatic carboxylic acids is 1. The molecule has 0 spiro atoms. The minimum Gasteiger partial charge on any atom is -0.481 e. The van der Waals surface area contributed by atoms with Crippen LogP contribution in [0.3, 0.4) is 0 Å². The normalized spacial score (nSPS) is 13.5. The van der Waals surface area contributed by atoms with Crippen molar-refractivity contribution in [2.24, 2.45) is 0 Å². The molecule has 0 aliphatic heterocycles. The van der Waals surface area contributed by atoms with E-state index in [2.05, 4.69) is 6.08 Å². The van der Waals surface area contributed by atoms with Gasteiger partial charge in [0.25, 0.3) is 0 Å². The fourth-order valence-electron chi connectivity index (χ4n) is 2.35. The Balaban J connectivity index is 2.33. The molecule has 3 rings (SSSR count). The highest BCUT2D eigenvalue weighted by atomic mass is 32.1. The second kappa shape index (κ2) is 4.63. The maximum absolute atomic E-state index is 12.4. The first kappa shape index (κ1) is 12.1. The van der Waals surface area contributed by atoms with Crippen molar-refractivity contribution in [2.75, 3.05) is 0 Å². The molecule has 0 saturated carbocycles. The summed E-state index contributed by atoms with van der Waals surface area (Å²) in [5, 5.41) is 10.2. The van der Waals surface area contributed by atoms with Gasteiger partial charge >= 0.3 is 5.97 Å². The van der Waals surface area contributed by atoms with Gasteiger partial charge in [-0.05, 0) is 30.5 Å². The Morgan fingerprint density at radius 3 is 2.84 bits per heavy atom. The van der Waals surface area contributed by atoms with Crippen LogP contribution in [0, 0.1) is 0 Å². The van der Waals surface area contributed by atoms with E-state index < -0.39 is 5.97 Å². The molecule has 96 valence electrons. The number of carboxylic acid groups (broad SMARTS) is 1. The van der Waals surface area contributed by atoms with Crippen LogP contribution >= 0.6 is 11.3 Å². The van der Waals surface area contributed by atoms with Crippen LogP contribution in [0.5, 0.6) is 0 Å². The first-order valence-corrected chi connectivity index (χ1v) is 6.95. The Labute approximate surface area is 113 Å². The van der Waals surface area contributed by atoms with Gasteiger partial charge in [0, 0.05) is 19.8 Å². The lowest BCUT2D eigenvalue weighted by atomic mass is 10.1. The van der Waals surface area contributed by atoms with E-state index in [1.807, 2.05) is 12.1 Å². The molecule has 0 unspecified atom stereocenters. The van der Waals surface area contributed by atoms with Crippen LogP contribution < -0.4 is 15.2 Å². The Hall–Kier alpha value is -1.94. The van der Waals surface area contributed by atoms with Gasteiger partial charge in [-0.2, -0.15) is 0 Å². The SMILES string of the molecule is O=C(O)Cc1ccc2sc3c(c(=O)c2c1)=CCCC=3. The molecular weight excluding hydrogens is 260 g/mol. The van der Waals surface area contributed by atoms with Gasteiger partial charge in [0.05, 0.1) is 6.42 Å². The van der Waals surface area contributed by atoms with Crippen LogP contribution in [0.4, 0.5) is 0 Å². The predicted octanol–water partition coefficient (Wildman–Crippen LogP) is 1.24. The van der Waals surface area contributed by atoms with Crippen LogP contribution in [0.2, 0.25) is 0 Å². The highest BCUT2D eigenvalue weighted by Crippen LogP contribution is 2.15. The molecule has 0 bridgehead atoms. The molecule has 1 aliphatic rings. The van der Waals surface area contributed by atoms with E-state index in [4.69, 9.17) is 5.11 Å². The number of hydrogen-bond acceptors (Lipinski definition) is 3. The monoisotopic (exact) mass is 272 g/mol. The van der Waals surface area contributed by atoms with E-state index in [-0.39, 0.29) is 11.8 Å². The molecule has 0 saturated heterocycles. The minimum atomic E-state index is -0.881. The number of hydrogen-bond donors (Lipinski definition) is 1. The Bertz CT molecular complexity index is 846. The van der Waals surface area contributed by atoms with Crippen LogP contribution in [0.1, 0.15) is 18.4 Å². The number of rotatable bonds is 2. The van der Waals surface area contributed by atoms with Gasteiger partial charge in [-0.1, -0.05) is 18.2 Å². The molecule has 0 atom stereocenters. The summed E-state index contributed by atoms with van der Waals surface area (Å²) in [6, 6.07) is 5.35. The number of fused-ring (bicyclic) bond motifs is 2. The number of carboxylic acids is 1. The molecule has 3 nitrogen and oxygen atoms in total. The smallest absolute Gasteiger partial charge is 0.307 e. The molecule has 2 aromatic rings. The maximum Gasteiger partial charge on any atom is 0.307 e. The quantitative estimate of drug-likeness (QED) is 0.895. The Morgan fingerprint density at radius 2 is 2.05 bits per heavy atom. The van der Waals surface area contributed by atoms with Crippen molar-refractivity contribution < 1.29 is 9.90 Å². The summed E-state index contributed by atoms with van der Waals surface area (Å²) in [4.78, 5) is 23.2. The van der Waals surface area contributed by atoms with Crippen molar-refractivity contribution in [3.8, 4) is 0 Å². The third-order valence-electron chi connectivity index (χ3n) is 3.22. The van der Waals surface area contributed by atoms with Gasteiger partial charge in [-0.15, -0.1) is 11.3 Å². The average Bonchev–Trinajstić information content (AvgIpc) is 2.39. The van der Waals surface area contributed by atoms with Crippen molar-refractivity contribution in [1.29, 1.82) is 0 Å². The lowest BCUT2D eigenvalue weighted by molar-refractivity contribution is -0.136. The summed E-state index contributed by atoms with van der Waals surface area (Å²) in [7, 11) is 0. The van der Waals surface area contributed by atoms with Crippen molar-refractivity contribution >= 4 is 39.5 Å². The molecule has 19 heavy (non-hydrogen) atoms. The highest BCUT2D eigenvalue weighted by Gasteiger charge is 2.07. The summed E-state index contributed by atoms with van der Waals surface area (Å²) in [5.41, 5.74) is 0.691. The van der Waals surface area contributed by atoms with Gasteiger partial charge < -0.3 is 5.11 Å². The predicted molar refractivity (Wildman–Crippen MR) is 76.8 cm³/mol. The number of benzene rings is 1. The molecule has 0 fully saturated rings. The molecule has 0 amide bonds. The van der Waals surface area contributed by atoms with Gasteiger partial charge in [0.2, 0.25) is 0 Å². The Kier molecular flexibility index (Phi) is 2.95. The third kappa shape index (κ3) is 2.19. The maximum atomic E-state index is 12.4. The summed E-state index contributed by atoms with van der Waals surface area (Å²) >= 11 is 1.60. The van der Waals surface area contributed by atoms with E-state index in [1.165, 1.54) is 0 Å². The molecule has 1 N–H and O–H groups in total. The zero-order valence-electron chi connectivity index (χ0n) is 10.2. The lowest BCUT2D eigenvalue weighted by Crippen LogP contribution is -2.38. The summed E-state index contributed by atoms with van der Waals surface area (Å²) in [5.74, 6) is -0.881. The highest BCUT2D eigenvalue weighted by molar-refractivity contribution is 7.16. The molecular formula is C15H12O3S. The number of carbonyl (C=O) groups is 1. The summed E-state index contributed by atoms with van der Waals surface area (Å²) in [6.07, 6.45) is 5.91. The zero-order valence-corrected chi connectivity index (χ0v) is 11.0. The molecule has 1 aliphatic carbocycles. The van der Waals surface area contributed by atoms with Gasteiger partial charge in [-0.3, -0.25) is 9.59 Å². The average molecular weight is 272 g/mol. The van der Waals surface area contributed by atoms with E-state index >= 15 is 0 Å². The first-order valence-electron chi connectivity index (χ1n) is 6.13. The van der Waals surface area contributed by atoms with E-state index in [0.29, 0.717) is 10.9 Å². The summed E-state index contributed by atoms with van der Waals surface area (Å²) in [6.45, 7) is 0.